The van der Waals surface area contributed by atoms with Crippen molar-refractivity contribution < 1.29 is 14.3 Å². The van der Waals surface area contributed by atoms with Gasteiger partial charge in [-0.15, -0.1) is 0 Å². The van der Waals surface area contributed by atoms with Crippen LogP contribution in [0.1, 0.15) is 22.7 Å². The second-order valence-electron chi connectivity index (χ2n) is 11.2. The van der Waals surface area contributed by atoms with Crippen molar-refractivity contribution in [3.63, 3.8) is 0 Å². The maximum Gasteiger partial charge on any atom is 0.347 e. The highest BCUT2D eigenvalue weighted by molar-refractivity contribution is 7.78. The zero-order chi connectivity index (χ0) is 32.0. The number of hydrogen-bond acceptors (Lipinski definition) is 3. The molecular weight excluding hydrogens is 614 g/mol. The standard InChI is InChI=1S/C42H32O3P2/c43-41-38(40(42(44)45-41)47(35-27-15-5-16-28-35)36-29-17-6-18-30-36)37(31-19-7-1-8-20-31)39(32-21-9-2-10-22-32)46(33-23-11-3-12-24-33)34-25-13-4-14-26-34/h1-30,37,39H. The van der Waals surface area contributed by atoms with Gasteiger partial charge < -0.3 is 4.74 Å². The Labute approximate surface area is 278 Å². The molecule has 0 radical (unpaired) electrons. The summed E-state index contributed by atoms with van der Waals surface area (Å²) in [5.74, 6) is -1.59. The molecule has 6 aromatic carbocycles. The smallest absolute Gasteiger partial charge is 0.347 e. The predicted molar refractivity (Wildman–Crippen MR) is 195 cm³/mol. The van der Waals surface area contributed by atoms with Gasteiger partial charge in [-0.05, 0) is 48.2 Å². The van der Waals surface area contributed by atoms with Crippen molar-refractivity contribution in [2.45, 2.75) is 11.6 Å². The Kier molecular flexibility index (Phi) is 9.29. The van der Waals surface area contributed by atoms with Crippen molar-refractivity contribution in [2.24, 2.45) is 0 Å². The number of carbonyl (C=O) groups is 2. The summed E-state index contributed by atoms with van der Waals surface area (Å²) in [5.41, 5.74) is 2.32. The predicted octanol–water partition coefficient (Wildman–Crippen LogP) is 8.11. The van der Waals surface area contributed by atoms with E-state index >= 15 is 0 Å². The number of esters is 2. The molecule has 1 aliphatic rings. The molecule has 2 atom stereocenters. The van der Waals surface area contributed by atoms with E-state index in [-0.39, 0.29) is 5.66 Å². The summed E-state index contributed by atoms with van der Waals surface area (Å²) in [6.45, 7) is 0. The van der Waals surface area contributed by atoms with Gasteiger partial charge in [-0.2, -0.15) is 0 Å². The molecule has 0 bridgehead atoms. The van der Waals surface area contributed by atoms with E-state index in [0.717, 1.165) is 21.7 Å². The number of carbonyl (C=O) groups excluding carboxylic acids is 2. The number of hydrogen-bond donors (Lipinski definition) is 0. The lowest BCUT2D eigenvalue weighted by atomic mass is 9.85. The highest BCUT2D eigenvalue weighted by Crippen LogP contribution is 2.61. The van der Waals surface area contributed by atoms with Crippen LogP contribution in [0.15, 0.2) is 193 Å². The van der Waals surface area contributed by atoms with Gasteiger partial charge in [0.15, 0.2) is 0 Å². The Hall–Kier alpha value is -4.94. The quantitative estimate of drug-likeness (QED) is 0.0858. The SMILES string of the molecule is O=C1OC(=O)C(P(c2ccccc2)c2ccccc2)=C1C(c1ccccc1)C(c1ccccc1)P(c1ccccc1)c1ccccc1. The molecule has 228 valence electrons. The number of benzene rings is 6. The molecule has 0 fully saturated rings. The lowest BCUT2D eigenvalue weighted by molar-refractivity contribution is -0.150. The lowest BCUT2D eigenvalue weighted by Gasteiger charge is -2.36. The molecular formula is C42H32O3P2. The Morgan fingerprint density at radius 2 is 0.766 bits per heavy atom. The fraction of sp³-hybridized carbons (Fsp3) is 0.0476. The Morgan fingerprint density at radius 1 is 0.404 bits per heavy atom. The van der Waals surface area contributed by atoms with Gasteiger partial charge in [0.2, 0.25) is 0 Å². The Morgan fingerprint density at radius 3 is 1.19 bits per heavy atom. The Bertz CT molecular complexity index is 1900. The van der Waals surface area contributed by atoms with E-state index in [9.17, 15) is 9.59 Å². The zero-order valence-electron chi connectivity index (χ0n) is 25.6. The van der Waals surface area contributed by atoms with Gasteiger partial charge in [-0.1, -0.05) is 182 Å². The molecule has 1 heterocycles. The molecule has 0 saturated heterocycles. The summed E-state index contributed by atoms with van der Waals surface area (Å²) in [5, 5.41) is 4.83. The fourth-order valence-corrected chi connectivity index (χ4v) is 11.9. The number of cyclic esters (lactones) is 2. The van der Waals surface area contributed by atoms with Crippen molar-refractivity contribution in [3.8, 4) is 0 Å². The molecule has 0 N–H and O–H groups in total. The molecule has 2 unspecified atom stereocenters. The van der Waals surface area contributed by atoms with E-state index < -0.39 is 33.7 Å². The van der Waals surface area contributed by atoms with E-state index in [1.807, 2.05) is 97.1 Å². The molecule has 0 spiro atoms. The van der Waals surface area contributed by atoms with E-state index in [2.05, 4.69) is 84.9 Å². The van der Waals surface area contributed by atoms with Crippen molar-refractivity contribution in [3.05, 3.63) is 204 Å². The van der Waals surface area contributed by atoms with Crippen LogP contribution in [0.3, 0.4) is 0 Å². The van der Waals surface area contributed by atoms with Crippen LogP contribution >= 0.6 is 15.8 Å². The van der Waals surface area contributed by atoms with Crippen molar-refractivity contribution in [1.29, 1.82) is 0 Å². The van der Waals surface area contributed by atoms with E-state index in [1.165, 1.54) is 10.6 Å². The third-order valence-electron chi connectivity index (χ3n) is 8.38. The summed E-state index contributed by atoms with van der Waals surface area (Å²) in [4.78, 5) is 28.4. The van der Waals surface area contributed by atoms with Gasteiger partial charge in [0.25, 0.3) is 0 Å². The number of rotatable bonds is 10. The van der Waals surface area contributed by atoms with Crippen LogP contribution in [-0.4, -0.2) is 11.9 Å². The summed E-state index contributed by atoms with van der Waals surface area (Å²) < 4.78 is 5.66. The van der Waals surface area contributed by atoms with E-state index in [0.29, 0.717) is 10.9 Å². The topological polar surface area (TPSA) is 43.4 Å². The van der Waals surface area contributed by atoms with Crippen LogP contribution in [-0.2, 0) is 14.3 Å². The van der Waals surface area contributed by atoms with Gasteiger partial charge in [-0.25, -0.2) is 9.59 Å². The maximum atomic E-state index is 14.3. The molecule has 1 aliphatic heterocycles. The molecule has 0 amide bonds. The van der Waals surface area contributed by atoms with E-state index in [1.54, 1.807) is 0 Å². The molecule has 6 aromatic rings. The second-order valence-corrected chi connectivity index (χ2v) is 15.7. The van der Waals surface area contributed by atoms with Crippen molar-refractivity contribution in [2.75, 3.05) is 0 Å². The monoisotopic (exact) mass is 646 g/mol. The average Bonchev–Trinajstić information content (AvgIpc) is 3.42. The molecule has 47 heavy (non-hydrogen) atoms. The summed E-state index contributed by atoms with van der Waals surface area (Å²) >= 11 is 0. The summed E-state index contributed by atoms with van der Waals surface area (Å²) in [6.07, 6.45) is 0. The van der Waals surface area contributed by atoms with Gasteiger partial charge in [0.05, 0.1) is 10.9 Å². The minimum Gasteiger partial charge on any atom is -0.386 e. The van der Waals surface area contributed by atoms with Gasteiger partial charge in [-0.3, -0.25) is 0 Å². The first kappa shape index (κ1) is 30.7. The van der Waals surface area contributed by atoms with Crippen LogP contribution < -0.4 is 21.2 Å². The molecule has 3 nitrogen and oxygen atoms in total. The van der Waals surface area contributed by atoms with Crippen LogP contribution in [0.25, 0.3) is 0 Å². The average molecular weight is 647 g/mol. The molecule has 5 heteroatoms. The third kappa shape index (κ3) is 6.38. The summed E-state index contributed by atoms with van der Waals surface area (Å²) in [7, 11) is -2.51. The largest absolute Gasteiger partial charge is 0.386 e. The van der Waals surface area contributed by atoms with Gasteiger partial charge in [0, 0.05) is 11.6 Å². The molecule has 0 saturated carbocycles. The Balaban J connectivity index is 1.57. The highest BCUT2D eigenvalue weighted by Gasteiger charge is 2.47. The first-order chi connectivity index (χ1) is 23.2. The molecule has 7 rings (SSSR count). The van der Waals surface area contributed by atoms with Crippen LogP contribution in [0, 0.1) is 0 Å². The first-order valence-corrected chi connectivity index (χ1v) is 18.4. The third-order valence-corrected chi connectivity index (χ3v) is 13.7. The van der Waals surface area contributed by atoms with Crippen LogP contribution in [0.5, 0.6) is 0 Å². The fourth-order valence-electron chi connectivity index (χ4n) is 6.40. The highest BCUT2D eigenvalue weighted by atomic mass is 31.1. The van der Waals surface area contributed by atoms with Crippen molar-refractivity contribution >= 4 is 49.0 Å². The molecule has 0 aliphatic carbocycles. The van der Waals surface area contributed by atoms with Crippen molar-refractivity contribution in [1.82, 2.24) is 0 Å². The lowest BCUT2D eigenvalue weighted by Crippen LogP contribution is -2.25. The minimum absolute atomic E-state index is 0.203. The zero-order valence-corrected chi connectivity index (χ0v) is 27.4. The van der Waals surface area contributed by atoms with Gasteiger partial charge >= 0.3 is 11.9 Å². The van der Waals surface area contributed by atoms with Gasteiger partial charge in [0.1, 0.15) is 0 Å². The van der Waals surface area contributed by atoms with E-state index in [4.69, 9.17) is 4.74 Å². The summed E-state index contributed by atoms with van der Waals surface area (Å²) in [6, 6.07) is 61.8. The first-order valence-electron chi connectivity index (χ1n) is 15.6. The molecule has 0 aromatic heterocycles. The van der Waals surface area contributed by atoms with Crippen LogP contribution in [0.4, 0.5) is 0 Å². The second kappa shape index (κ2) is 14.2. The minimum atomic E-state index is -1.41. The van der Waals surface area contributed by atoms with Crippen LogP contribution in [0.2, 0.25) is 0 Å². The maximum absolute atomic E-state index is 14.3. The normalized spacial score (nSPS) is 14.3. The number of ether oxygens (including phenoxy) is 1.